The van der Waals surface area contributed by atoms with Crippen LogP contribution in [0.2, 0.25) is 0 Å². The van der Waals surface area contributed by atoms with Crippen LogP contribution in [0, 0.1) is 0 Å². The average molecular weight is 319 g/mol. The van der Waals surface area contributed by atoms with Gasteiger partial charge in [-0.1, -0.05) is 57.6 Å². The quantitative estimate of drug-likeness (QED) is 0.485. The summed E-state index contributed by atoms with van der Waals surface area (Å²) < 4.78 is 11.6. The van der Waals surface area contributed by atoms with Crippen LogP contribution in [-0.4, -0.2) is 19.3 Å². The molecular formula is C21H34O2. The Morgan fingerprint density at radius 3 is 2.35 bits per heavy atom. The summed E-state index contributed by atoms with van der Waals surface area (Å²) in [6, 6.07) is 8.57. The minimum Gasteiger partial charge on any atom is -0.494 e. The Hall–Kier alpha value is -1.02. The molecule has 1 aliphatic rings. The van der Waals surface area contributed by atoms with Crippen LogP contribution in [0.15, 0.2) is 24.3 Å². The molecule has 0 bridgehead atoms. The number of hydrogen-bond acceptors (Lipinski definition) is 2. The SMILES string of the molecule is CCCCCCCCC1CCC(c2ccc(OCC)cc2)CO1. The lowest BCUT2D eigenvalue weighted by Crippen LogP contribution is -2.24. The third-order valence-corrected chi connectivity index (χ3v) is 4.91. The summed E-state index contributed by atoms with van der Waals surface area (Å²) in [7, 11) is 0. The first kappa shape index (κ1) is 18.3. The Morgan fingerprint density at radius 2 is 1.70 bits per heavy atom. The minimum atomic E-state index is 0.500. The highest BCUT2D eigenvalue weighted by Crippen LogP contribution is 2.31. The van der Waals surface area contributed by atoms with Crippen LogP contribution >= 0.6 is 0 Å². The van der Waals surface area contributed by atoms with Crippen molar-refractivity contribution in [2.24, 2.45) is 0 Å². The molecule has 0 spiro atoms. The molecule has 0 saturated carbocycles. The lowest BCUT2D eigenvalue weighted by Gasteiger charge is -2.29. The zero-order valence-electron chi connectivity index (χ0n) is 15.1. The number of ether oxygens (including phenoxy) is 2. The van der Waals surface area contributed by atoms with Gasteiger partial charge in [0, 0.05) is 5.92 Å². The molecule has 0 radical (unpaired) electrons. The fourth-order valence-electron chi connectivity index (χ4n) is 3.45. The molecule has 130 valence electrons. The molecule has 2 heteroatoms. The summed E-state index contributed by atoms with van der Waals surface area (Å²) in [4.78, 5) is 0. The predicted molar refractivity (Wildman–Crippen MR) is 97.3 cm³/mol. The Labute approximate surface area is 142 Å². The third kappa shape index (κ3) is 6.55. The first-order valence-corrected chi connectivity index (χ1v) is 9.67. The van der Waals surface area contributed by atoms with E-state index in [0.717, 1.165) is 19.0 Å². The van der Waals surface area contributed by atoms with Crippen LogP contribution in [0.3, 0.4) is 0 Å². The molecule has 1 aliphatic heterocycles. The molecule has 2 rings (SSSR count). The van der Waals surface area contributed by atoms with Crippen molar-refractivity contribution in [1.82, 2.24) is 0 Å². The molecule has 23 heavy (non-hydrogen) atoms. The van der Waals surface area contributed by atoms with Crippen molar-refractivity contribution < 1.29 is 9.47 Å². The van der Waals surface area contributed by atoms with Gasteiger partial charge in [-0.25, -0.2) is 0 Å². The Kier molecular flexibility index (Phi) is 8.52. The van der Waals surface area contributed by atoms with Crippen LogP contribution in [0.25, 0.3) is 0 Å². The Morgan fingerprint density at radius 1 is 0.957 bits per heavy atom. The molecule has 1 heterocycles. The lowest BCUT2D eigenvalue weighted by atomic mass is 9.90. The molecule has 1 aromatic rings. The minimum absolute atomic E-state index is 0.500. The van der Waals surface area contributed by atoms with Crippen LogP contribution in [0.4, 0.5) is 0 Å². The normalized spacial score (nSPS) is 21.3. The molecule has 1 fully saturated rings. The predicted octanol–water partition coefficient (Wildman–Crippen LogP) is 6.10. The fraction of sp³-hybridized carbons (Fsp3) is 0.714. The second-order valence-electron chi connectivity index (χ2n) is 6.79. The lowest BCUT2D eigenvalue weighted by molar-refractivity contribution is -0.00214. The average Bonchev–Trinajstić information content (AvgIpc) is 2.60. The maximum atomic E-state index is 6.12. The summed E-state index contributed by atoms with van der Waals surface area (Å²) in [5.41, 5.74) is 1.39. The standard InChI is InChI=1S/C21H34O2/c1-3-5-6-7-8-9-10-20-16-13-19(17-23-20)18-11-14-21(15-12-18)22-4-2/h11-12,14-15,19-20H,3-10,13,16-17H2,1-2H3. The highest BCUT2D eigenvalue weighted by atomic mass is 16.5. The van der Waals surface area contributed by atoms with E-state index in [9.17, 15) is 0 Å². The molecule has 1 saturated heterocycles. The first-order chi connectivity index (χ1) is 11.3. The summed E-state index contributed by atoms with van der Waals surface area (Å²) >= 11 is 0. The molecule has 2 unspecified atom stereocenters. The first-order valence-electron chi connectivity index (χ1n) is 9.67. The maximum absolute atomic E-state index is 6.12. The topological polar surface area (TPSA) is 18.5 Å². The zero-order valence-corrected chi connectivity index (χ0v) is 15.1. The summed E-state index contributed by atoms with van der Waals surface area (Å²) in [5, 5.41) is 0. The van der Waals surface area contributed by atoms with E-state index >= 15 is 0 Å². The number of hydrogen-bond donors (Lipinski definition) is 0. The van der Waals surface area contributed by atoms with E-state index in [-0.39, 0.29) is 0 Å². The molecule has 0 aromatic heterocycles. The smallest absolute Gasteiger partial charge is 0.119 e. The summed E-state index contributed by atoms with van der Waals surface area (Å²) in [6.07, 6.45) is 12.5. The number of benzene rings is 1. The molecule has 0 N–H and O–H groups in total. The molecule has 0 amide bonds. The van der Waals surface area contributed by atoms with E-state index in [1.54, 1.807) is 0 Å². The fourth-order valence-corrected chi connectivity index (χ4v) is 3.45. The largest absolute Gasteiger partial charge is 0.494 e. The van der Waals surface area contributed by atoms with Crippen LogP contribution in [0.1, 0.15) is 83.1 Å². The monoisotopic (exact) mass is 318 g/mol. The second-order valence-corrected chi connectivity index (χ2v) is 6.79. The zero-order chi connectivity index (χ0) is 16.3. The van der Waals surface area contributed by atoms with E-state index in [1.807, 2.05) is 6.92 Å². The van der Waals surface area contributed by atoms with Crippen molar-refractivity contribution >= 4 is 0 Å². The van der Waals surface area contributed by atoms with E-state index < -0.39 is 0 Å². The van der Waals surface area contributed by atoms with E-state index in [1.165, 1.54) is 63.4 Å². The molecule has 0 aliphatic carbocycles. The molecule has 2 nitrogen and oxygen atoms in total. The van der Waals surface area contributed by atoms with Crippen molar-refractivity contribution in [2.75, 3.05) is 13.2 Å². The van der Waals surface area contributed by atoms with Gasteiger partial charge < -0.3 is 9.47 Å². The van der Waals surface area contributed by atoms with E-state index in [4.69, 9.17) is 9.47 Å². The van der Waals surface area contributed by atoms with Crippen molar-refractivity contribution in [2.45, 2.75) is 83.7 Å². The number of unbranched alkanes of at least 4 members (excludes halogenated alkanes) is 5. The van der Waals surface area contributed by atoms with Gasteiger partial charge in [0.05, 0.1) is 19.3 Å². The van der Waals surface area contributed by atoms with Gasteiger partial charge in [-0.15, -0.1) is 0 Å². The third-order valence-electron chi connectivity index (χ3n) is 4.91. The van der Waals surface area contributed by atoms with Gasteiger partial charge in [0.2, 0.25) is 0 Å². The van der Waals surface area contributed by atoms with Gasteiger partial charge in [-0.3, -0.25) is 0 Å². The van der Waals surface area contributed by atoms with E-state index in [0.29, 0.717) is 12.0 Å². The van der Waals surface area contributed by atoms with Gasteiger partial charge in [-0.2, -0.15) is 0 Å². The van der Waals surface area contributed by atoms with Crippen LogP contribution in [0.5, 0.6) is 5.75 Å². The highest BCUT2D eigenvalue weighted by molar-refractivity contribution is 5.29. The van der Waals surface area contributed by atoms with Crippen molar-refractivity contribution in [3.05, 3.63) is 29.8 Å². The van der Waals surface area contributed by atoms with Gasteiger partial charge in [0.25, 0.3) is 0 Å². The number of rotatable bonds is 10. The van der Waals surface area contributed by atoms with Crippen molar-refractivity contribution in [3.63, 3.8) is 0 Å². The van der Waals surface area contributed by atoms with Gasteiger partial charge in [0.1, 0.15) is 5.75 Å². The Balaban J connectivity index is 1.63. The summed E-state index contributed by atoms with van der Waals surface area (Å²) in [6.45, 7) is 5.91. The van der Waals surface area contributed by atoms with Gasteiger partial charge in [0.15, 0.2) is 0 Å². The highest BCUT2D eigenvalue weighted by Gasteiger charge is 2.22. The molecule has 1 aromatic carbocycles. The molecule has 2 atom stereocenters. The van der Waals surface area contributed by atoms with Crippen molar-refractivity contribution in [1.29, 1.82) is 0 Å². The van der Waals surface area contributed by atoms with Gasteiger partial charge in [-0.05, 0) is 43.9 Å². The van der Waals surface area contributed by atoms with Crippen molar-refractivity contribution in [3.8, 4) is 5.75 Å². The molecular weight excluding hydrogens is 284 g/mol. The summed E-state index contributed by atoms with van der Waals surface area (Å²) in [5.74, 6) is 1.53. The maximum Gasteiger partial charge on any atom is 0.119 e. The Bertz CT molecular complexity index is 404. The van der Waals surface area contributed by atoms with Crippen LogP contribution in [-0.2, 0) is 4.74 Å². The van der Waals surface area contributed by atoms with Crippen LogP contribution < -0.4 is 4.74 Å². The van der Waals surface area contributed by atoms with Gasteiger partial charge >= 0.3 is 0 Å². The second kappa shape index (κ2) is 10.7. The van der Waals surface area contributed by atoms with E-state index in [2.05, 4.69) is 31.2 Å².